The van der Waals surface area contributed by atoms with Gasteiger partial charge in [0.25, 0.3) is 0 Å². The van der Waals surface area contributed by atoms with E-state index in [9.17, 15) is 13.2 Å². The van der Waals surface area contributed by atoms with Gasteiger partial charge in [-0.15, -0.1) is 0 Å². The summed E-state index contributed by atoms with van der Waals surface area (Å²) in [6, 6.07) is 7.66. The number of amides is 1. The molecule has 1 amide bonds. The normalized spacial score (nSPS) is 16.0. The molecule has 1 aliphatic carbocycles. The third kappa shape index (κ3) is 4.97. The van der Waals surface area contributed by atoms with Crippen molar-refractivity contribution in [3.8, 4) is 0 Å². The molecule has 1 aromatic rings. The highest BCUT2D eigenvalue weighted by Crippen LogP contribution is 2.27. The van der Waals surface area contributed by atoms with Gasteiger partial charge in [0.15, 0.2) is 0 Å². The van der Waals surface area contributed by atoms with Gasteiger partial charge in [-0.25, -0.2) is 8.42 Å². The van der Waals surface area contributed by atoms with E-state index in [1.54, 1.807) is 24.1 Å². The zero-order valence-corrected chi connectivity index (χ0v) is 16.8. The van der Waals surface area contributed by atoms with Crippen LogP contribution in [-0.4, -0.2) is 45.1 Å². The van der Waals surface area contributed by atoms with Crippen molar-refractivity contribution >= 4 is 21.6 Å². The standard InChI is InChI=1S/C19H30N2O3S/c1-19(2,3)15-10-12-17(13-11-15)21(25(5,23)24)14-18(22)20(4)16-8-6-7-9-16/h10-13,16H,6-9,14H2,1-5H3. The van der Waals surface area contributed by atoms with Crippen LogP contribution in [-0.2, 0) is 20.2 Å². The van der Waals surface area contributed by atoms with Crippen LogP contribution in [0.25, 0.3) is 0 Å². The molecular formula is C19H30N2O3S. The van der Waals surface area contributed by atoms with Gasteiger partial charge in [-0.2, -0.15) is 0 Å². The number of carbonyl (C=O) groups is 1. The first-order chi connectivity index (χ1) is 11.5. The van der Waals surface area contributed by atoms with E-state index in [-0.39, 0.29) is 23.9 Å². The first kappa shape index (κ1) is 19.8. The SMILES string of the molecule is CN(C(=O)CN(c1ccc(C(C)(C)C)cc1)S(C)(=O)=O)C1CCCC1. The Morgan fingerprint density at radius 1 is 1.12 bits per heavy atom. The maximum absolute atomic E-state index is 12.6. The smallest absolute Gasteiger partial charge is 0.243 e. The highest BCUT2D eigenvalue weighted by Gasteiger charge is 2.28. The first-order valence-corrected chi connectivity index (χ1v) is 10.7. The second-order valence-corrected chi connectivity index (χ2v) is 9.92. The van der Waals surface area contributed by atoms with Crippen molar-refractivity contribution in [2.24, 2.45) is 0 Å². The Labute approximate surface area is 152 Å². The molecule has 0 N–H and O–H groups in total. The van der Waals surface area contributed by atoms with Crippen LogP contribution in [0.1, 0.15) is 52.0 Å². The number of carbonyl (C=O) groups excluding carboxylic acids is 1. The van der Waals surface area contributed by atoms with Crippen LogP contribution in [0.5, 0.6) is 0 Å². The topological polar surface area (TPSA) is 57.7 Å². The lowest BCUT2D eigenvalue weighted by atomic mass is 9.87. The maximum Gasteiger partial charge on any atom is 0.243 e. The van der Waals surface area contributed by atoms with Gasteiger partial charge in [0.2, 0.25) is 15.9 Å². The van der Waals surface area contributed by atoms with Gasteiger partial charge in [0.05, 0.1) is 11.9 Å². The molecule has 0 unspecified atom stereocenters. The highest BCUT2D eigenvalue weighted by molar-refractivity contribution is 7.92. The highest BCUT2D eigenvalue weighted by atomic mass is 32.2. The molecule has 1 fully saturated rings. The predicted octanol–water partition coefficient (Wildman–Crippen LogP) is 3.15. The van der Waals surface area contributed by atoms with E-state index in [4.69, 9.17) is 0 Å². The van der Waals surface area contributed by atoms with Crippen molar-refractivity contribution in [3.63, 3.8) is 0 Å². The second kappa shape index (κ2) is 7.36. The van der Waals surface area contributed by atoms with E-state index in [0.717, 1.165) is 37.5 Å². The molecule has 1 saturated carbocycles. The summed E-state index contributed by atoms with van der Waals surface area (Å²) < 4.78 is 25.7. The Kier molecular flexibility index (Phi) is 5.82. The Bertz CT molecular complexity index is 699. The van der Waals surface area contributed by atoms with Gasteiger partial charge < -0.3 is 4.90 Å². The van der Waals surface area contributed by atoms with E-state index in [2.05, 4.69) is 20.8 Å². The van der Waals surface area contributed by atoms with Crippen molar-refractivity contribution in [2.75, 3.05) is 24.2 Å². The third-order valence-electron chi connectivity index (χ3n) is 4.97. The molecule has 0 heterocycles. The van der Waals surface area contributed by atoms with Crippen LogP contribution in [0.15, 0.2) is 24.3 Å². The van der Waals surface area contributed by atoms with Crippen molar-refractivity contribution in [2.45, 2.75) is 57.9 Å². The summed E-state index contributed by atoms with van der Waals surface area (Å²) in [5, 5.41) is 0. The van der Waals surface area contributed by atoms with Gasteiger partial charge >= 0.3 is 0 Å². The van der Waals surface area contributed by atoms with Crippen LogP contribution in [0.4, 0.5) is 5.69 Å². The molecule has 0 spiro atoms. The lowest BCUT2D eigenvalue weighted by Gasteiger charge is -2.29. The van der Waals surface area contributed by atoms with Crippen LogP contribution in [0.2, 0.25) is 0 Å². The fourth-order valence-electron chi connectivity index (χ4n) is 3.26. The summed E-state index contributed by atoms with van der Waals surface area (Å²) in [4.78, 5) is 14.3. The van der Waals surface area contributed by atoms with E-state index in [1.165, 1.54) is 4.31 Å². The second-order valence-electron chi connectivity index (χ2n) is 8.01. The number of likely N-dealkylation sites (N-methyl/N-ethyl adjacent to an activating group) is 1. The summed E-state index contributed by atoms with van der Waals surface area (Å²) in [5.74, 6) is -0.155. The Morgan fingerprint density at radius 2 is 1.64 bits per heavy atom. The molecule has 0 atom stereocenters. The van der Waals surface area contributed by atoms with Crippen LogP contribution < -0.4 is 4.31 Å². The Morgan fingerprint density at radius 3 is 2.08 bits per heavy atom. The summed E-state index contributed by atoms with van der Waals surface area (Å²) in [6.07, 6.45) is 5.41. The molecule has 25 heavy (non-hydrogen) atoms. The zero-order valence-electron chi connectivity index (χ0n) is 15.9. The van der Waals surface area contributed by atoms with Crippen molar-refractivity contribution < 1.29 is 13.2 Å². The lowest BCUT2D eigenvalue weighted by Crippen LogP contribution is -2.44. The monoisotopic (exact) mass is 366 g/mol. The average Bonchev–Trinajstić information content (AvgIpc) is 3.04. The van der Waals surface area contributed by atoms with Gasteiger partial charge in [-0.05, 0) is 36.0 Å². The molecule has 1 aliphatic rings. The molecule has 1 aromatic carbocycles. The number of nitrogens with zero attached hydrogens (tertiary/aromatic N) is 2. The predicted molar refractivity (Wildman–Crippen MR) is 102 cm³/mol. The van der Waals surface area contributed by atoms with Crippen molar-refractivity contribution in [3.05, 3.63) is 29.8 Å². The van der Waals surface area contributed by atoms with Crippen LogP contribution in [0.3, 0.4) is 0 Å². The van der Waals surface area contributed by atoms with Crippen LogP contribution in [0, 0.1) is 0 Å². The van der Waals surface area contributed by atoms with Gasteiger partial charge in [0.1, 0.15) is 6.54 Å². The fourth-order valence-corrected chi connectivity index (χ4v) is 4.11. The van der Waals surface area contributed by atoms with E-state index < -0.39 is 10.0 Å². The van der Waals surface area contributed by atoms with E-state index in [0.29, 0.717) is 5.69 Å². The quantitative estimate of drug-likeness (QED) is 0.804. The molecule has 140 valence electrons. The summed E-state index contributed by atoms with van der Waals surface area (Å²) in [6.45, 7) is 6.17. The number of anilines is 1. The Balaban J connectivity index is 2.20. The fraction of sp³-hybridized carbons (Fsp3) is 0.632. The number of hydrogen-bond donors (Lipinski definition) is 0. The lowest BCUT2D eigenvalue weighted by molar-refractivity contribution is -0.130. The van der Waals surface area contributed by atoms with E-state index in [1.807, 2.05) is 12.1 Å². The van der Waals surface area contributed by atoms with E-state index >= 15 is 0 Å². The molecule has 0 radical (unpaired) electrons. The minimum Gasteiger partial charge on any atom is -0.341 e. The zero-order chi connectivity index (χ0) is 18.8. The average molecular weight is 367 g/mol. The minimum absolute atomic E-state index is 0.00698. The molecular weight excluding hydrogens is 336 g/mol. The molecule has 0 saturated heterocycles. The summed E-state index contributed by atoms with van der Waals surface area (Å²) in [7, 11) is -1.75. The number of sulfonamides is 1. The molecule has 6 heteroatoms. The largest absolute Gasteiger partial charge is 0.341 e. The number of rotatable bonds is 5. The molecule has 0 bridgehead atoms. The molecule has 0 aromatic heterocycles. The summed E-state index contributed by atoms with van der Waals surface area (Å²) >= 11 is 0. The minimum atomic E-state index is -3.53. The third-order valence-corrected chi connectivity index (χ3v) is 6.11. The first-order valence-electron chi connectivity index (χ1n) is 8.84. The van der Waals surface area contributed by atoms with Gasteiger partial charge in [-0.1, -0.05) is 45.7 Å². The maximum atomic E-state index is 12.6. The van der Waals surface area contributed by atoms with Crippen LogP contribution >= 0.6 is 0 Å². The molecule has 5 nitrogen and oxygen atoms in total. The molecule has 0 aliphatic heterocycles. The summed E-state index contributed by atoms with van der Waals surface area (Å²) in [5.41, 5.74) is 1.65. The van der Waals surface area contributed by atoms with Crippen molar-refractivity contribution in [1.82, 2.24) is 4.90 Å². The molecule has 2 rings (SSSR count). The van der Waals surface area contributed by atoms with Gasteiger partial charge in [-0.3, -0.25) is 9.10 Å². The number of benzene rings is 1. The Hall–Kier alpha value is -1.56. The number of hydrogen-bond acceptors (Lipinski definition) is 3. The van der Waals surface area contributed by atoms with Crippen molar-refractivity contribution in [1.29, 1.82) is 0 Å². The van der Waals surface area contributed by atoms with Gasteiger partial charge in [0, 0.05) is 13.1 Å².